The molecule has 0 bridgehead atoms. The van der Waals surface area contributed by atoms with Crippen LogP contribution in [-0.2, 0) is 0 Å². The van der Waals surface area contributed by atoms with Crippen LogP contribution in [0.3, 0.4) is 0 Å². The smallest absolute Gasteiger partial charge is 0.257 e. The lowest BCUT2D eigenvalue weighted by Crippen LogP contribution is -2.30. The number of amides is 2. The van der Waals surface area contributed by atoms with Gasteiger partial charge in [-0.05, 0) is 56.3 Å². The van der Waals surface area contributed by atoms with Gasteiger partial charge in [-0.15, -0.1) is 0 Å². The Hall–Kier alpha value is -2.73. The van der Waals surface area contributed by atoms with E-state index in [0.29, 0.717) is 22.7 Å². The van der Waals surface area contributed by atoms with Crippen LogP contribution in [0.4, 0.5) is 5.69 Å². The van der Waals surface area contributed by atoms with Gasteiger partial charge in [-0.3, -0.25) is 14.6 Å². The molecule has 2 aromatic rings. The Morgan fingerprint density at radius 2 is 2.08 bits per heavy atom. The highest BCUT2D eigenvalue weighted by molar-refractivity contribution is 6.04. The predicted octanol–water partition coefficient (Wildman–Crippen LogP) is 2.02. The van der Waals surface area contributed by atoms with E-state index in [4.69, 9.17) is 0 Å². The summed E-state index contributed by atoms with van der Waals surface area (Å²) in [7, 11) is 1.93. The number of nitrogens with one attached hydrogen (secondary N) is 2. The number of carbonyl (C=O) groups is 2. The molecule has 6 heteroatoms. The molecule has 0 radical (unpaired) electrons. The molecule has 1 aromatic carbocycles. The molecule has 25 heavy (non-hydrogen) atoms. The first kappa shape index (κ1) is 17.1. The Labute approximate surface area is 147 Å². The quantitative estimate of drug-likeness (QED) is 0.875. The predicted molar refractivity (Wildman–Crippen MR) is 96.6 cm³/mol. The van der Waals surface area contributed by atoms with Crippen LogP contribution in [-0.4, -0.2) is 48.4 Å². The maximum absolute atomic E-state index is 12.7. The Kier molecular flexibility index (Phi) is 5.40. The number of anilines is 1. The monoisotopic (exact) mass is 338 g/mol. The van der Waals surface area contributed by atoms with Crippen molar-refractivity contribution in [1.82, 2.24) is 15.2 Å². The molecule has 1 aliphatic heterocycles. The molecule has 3 rings (SSSR count). The minimum absolute atomic E-state index is 0.0103. The lowest BCUT2D eigenvalue weighted by atomic mass is 10.1. The van der Waals surface area contributed by atoms with E-state index in [-0.39, 0.29) is 11.8 Å². The van der Waals surface area contributed by atoms with Gasteiger partial charge in [0.1, 0.15) is 0 Å². The molecule has 1 aromatic heterocycles. The van der Waals surface area contributed by atoms with Crippen molar-refractivity contribution in [3.05, 3.63) is 59.9 Å². The first-order valence-corrected chi connectivity index (χ1v) is 8.42. The van der Waals surface area contributed by atoms with E-state index in [1.165, 1.54) is 6.20 Å². The molecule has 0 spiro atoms. The Morgan fingerprint density at radius 1 is 1.24 bits per heavy atom. The molecule has 130 valence electrons. The minimum Gasteiger partial charge on any atom is -0.338 e. The number of likely N-dealkylation sites (tertiary alicyclic amines) is 1. The Morgan fingerprint density at radius 3 is 2.84 bits per heavy atom. The van der Waals surface area contributed by atoms with E-state index in [1.54, 1.807) is 42.6 Å². The third-order valence-corrected chi connectivity index (χ3v) is 4.36. The van der Waals surface area contributed by atoms with E-state index in [1.807, 2.05) is 11.9 Å². The van der Waals surface area contributed by atoms with Crippen LogP contribution < -0.4 is 10.6 Å². The molecule has 0 aliphatic carbocycles. The number of hydrogen-bond donors (Lipinski definition) is 2. The highest BCUT2D eigenvalue weighted by Crippen LogP contribution is 2.20. The number of rotatable bonds is 5. The zero-order valence-electron chi connectivity index (χ0n) is 14.2. The summed E-state index contributed by atoms with van der Waals surface area (Å²) in [6, 6.07) is 10.5. The van der Waals surface area contributed by atoms with Crippen molar-refractivity contribution in [2.75, 3.05) is 32.0 Å². The van der Waals surface area contributed by atoms with Gasteiger partial charge in [0, 0.05) is 36.7 Å². The summed E-state index contributed by atoms with van der Waals surface area (Å²) >= 11 is 0. The van der Waals surface area contributed by atoms with Crippen molar-refractivity contribution in [2.45, 2.75) is 6.42 Å². The third kappa shape index (κ3) is 4.22. The van der Waals surface area contributed by atoms with Gasteiger partial charge in [-0.1, -0.05) is 6.07 Å². The first-order valence-electron chi connectivity index (χ1n) is 8.42. The fraction of sp³-hybridized carbons (Fsp3) is 0.316. The van der Waals surface area contributed by atoms with Gasteiger partial charge >= 0.3 is 0 Å². The Balaban J connectivity index is 1.67. The Bertz CT molecular complexity index is 748. The SMILES string of the molecule is CNCC1CCN(C(=O)c2cccc(NC(=O)c3cccnc3)c2)C1. The maximum atomic E-state index is 12.7. The summed E-state index contributed by atoms with van der Waals surface area (Å²) in [5.41, 5.74) is 1.67. The topological polar surface area (TPSA) is 74.3 Å². The summed E-state index contributed by atoms with van der Waals surface area (Å²) in [4.78, 5) is 30.7. The summed E-state index contributed by atoms with van der Waals surface area (Å²) in [6.07, 6.45) is 4.15. The maximum Gasteiger partial charge on any atom is 0.257 e. The fourth-order valence-electron chi connectivity index (χ4n) is 3.09. The van der Waals surface area contributed by atoms with Crippen molar-refractivity contribution in [3.8, 4) is 0 Å². The van der Waals surface area contributed by atoms with Crippen molar-refractivity contribution >= 4 is 17.5 Å². The number of benzene rings is 1. The van der Waals surface area contributed by atoms with Gasteiger partial charge in [0.2, 0.25) is 0 Å². The number of carbonyl (C=O) groups excluding carboxylic acids is 2. The standard InChI is InChI=1S/C19H22N4O2/c1-20-11-14-7-9-23(13-14)19(25)15-4-2-6-17(10-15)22-18(24)16-5-3-8-21-12-16/h2-6,8,10,12,14,20H,7,9,11,13H2,1H3,(H,22,24). The third-order valence-electron chi connectivity index (χ3n) is 4.36. The van der Waals surface area contributed by atoms with E-state index in [0.717, 1.165) is 26.1 Å². The molecular formula is C19H22N4O2. The molecular weight excluding hydrogens is 316 g/mol. The highest BCUT2D eigenvalue weighted by Gasteiger charge is 2.26. The van der Waals surface area contributed by atoms with Gasteiger partial charge in [-0.25, -0.2) is 0 Å². The molecule has 0 saturated carbocycles. The second-order valence-corrected chi connectivity index (χ2v) is 6.24. The van der Waals surface area contributed by atoms with Crippen LogP contribution in [0, 0.1) is 5.92 Å². The molecule has 1 atom stereocenters. The zero-order chi connectivity index (χ0) is 17.6. The number of nitrogens with zero attached hydrogens (tertiary/aromatic N) is 2. The van der Waals surface area contributed by atoms with Gasteiger partial charge < -0.3 is 15.5 Å². The molecule has 1 aliphatic rings. The second kappa shape index (κ2) is 7.90. The van der Waals surface area contributed by atoms with Crippen molar-refractivity contribution in [2.24, 2.45) is 5.92 Å². The van der Waals surface area contributed by atoms with E-state index in [9.17, 15) is 9.59 Å². The normalized spacial score (nSPS) is 16.7. The van der Waals surface area contributed by atoms with Gasteiger partial charge in [0.05, 0.1) is 5.56 Å². The van der Waals surface area contributed by atoms with E-state index in [2.05, 4.69) is 15.6 Å². The second-order valence-electron chi connectivity index (χ2n) is 6.24. The molecule has 1 unspecified atom stereocenters. The summed E-state index contributed by atoms with van der Waals surface area (Å²) in [5.74, 6) is 0.270. The lowest BCUT2D eigenvalue weighted by molar-refractivity contribution is 0.0787. The van der Waals surface area contributed by atoms with Crippen LogP contribution in [0.5, 0.6) is 0 Å². The van der Waals surface area contributed by atoms with E-state index < -0.39 is 0 Å². The van der Waals surface area contributed by atoms with E-state index >= 15 is 0 Å². The summed E-state index contributed by atoms with van der Waals surface area (Å²) in [5, 5.41) is 5.98. The van der Waals surface area contributed by atoms with Crippen molar-refractivity contribution < 1.29 is 9.59 Å². The molecule has 2 amide bonds. The van der Waals surface area contributed by atoms with Crippen LogP contribution in [0.1, 0.15) is 27.1 Å². The average Bonchev–Trinajstić information content (AvgIpc) is 3.11. The number of aromatic nitrogens is 1. The molecule has 2 N–H and O–H groups in total. The number of hydrogen-bond acceptors (Lipinski definition) is 4. The van der Waals surface area contributed by atoms with Crippen molar-refractivity contribution in [3.63, 3.8) is 0 Å². The zero-order valence-corrected chi connectivity index (χ0v) is 14.2. The van der Waals surface area contributed by atoms with Crippen LogP contribution in [0.15, 0.2) is 48.8 Å². The molecule has 1 fully saturated rings. The fourth-order valence-corrected chi connectivity index (χ4v) is 3.09. The van der Waals surface area contributed by atoms with Crippen LogP contribution in [0.25, 0.3) is 0 Å². The average molecular weight is 338 g/mol. The summed E-state index contributed by atoms with van der Waals surface area (Å²) in [6.45, 7) is 2.47. The van der Waals surface area contributed by atoms with Crippen molar-refractivity contribution in [1.29, 1.82) is 0 Å². The lowest BCUT2D eigenvalue weighted by Gasteiger charge is -2.17. The highest BCUT2D eigenvalue weighted by atomic mass is 16.2. The van der Waals surface area contributed by atoms with Crippen LogP contribution >= 0.6 is 0 Å². The molecule has 1 saturated heterocycles. The molecule has 6 nitrogen and oxygen atoms in total. The minimum atomic E-state index is -0.243. The van der Waals surface area contributed by atoms with Crippen LogP contribution in [0.2, 0.25) is 0 Å². The largest absolute Gasteiger partial charge is 0.338 e. The van der Waals surface area contributed by atoms with Gasteiger partial charge in [0.15, 0.2) is 0 Å². The van der Waals surface area contributed by atoms with Gasteiger partial charge in [0.25, 0.3) is 11.8 Å². The van der Waals surface area contributed by atoms with Gasteiger partial charge in [-0.2, -0.15) is 0 Å². The molecule has 2 heterocycles. The summed E-state index contributed by atoms with van der Waals surface area (Å²) < 4.78 is 0. The first-order chi connectivity index (χ1) is 12.2. The number of pyridine rings is 1.